The topological polar surface area (TPSA) is 61.6 Å². The molecule has 1 atom stereocenters. The number of benzene rings is 1. The standard InChI is InChI=1S/C14H11BrN4/c15-11-3-1-2-10-9(11)4-5-12(10)19-14-13(8-16)17-6-7-18-14/h1-3,6-7,12H,4-5H2,(H,18,19)/t12-/m1/s1. The fraction of sp³-hybridized carbons (Fsp3) is 0.214. The van der Waals surface area contributed by atoms with Crippen LogP contribution in [0.25, 0.3) is 0 Å². The van der Waals surface area contributed by atoms with Crippen LogP contribution in [0.1, 0.15) is 29.3 Å². The van der Waals surface area contributed by atoms with Crippen molar-refractivity contribution in [2.45, 2.75) is 18.9 Å². The highest BCUT2D eigenvalue weighted by molar-refractivity contribution is 9.10. The van der Waals surface area contributed by atoms with Crippen LogP contribution in [0.5, 0.6) is 0 Å². The molecule has 1 N–H and O–H groups in total. The van der Waals surface area contributed by atoms with Gasteiger partial charge >= 0.3 is 0 Å². The second kappa shape index (κ2) is 4.98. The van der Waals surface area contributed by atoms with E-state index in [1.54, 1.807) is 6.20 Å². The summed E-state index contributed by atoms with van der Waals surface area (Å²) in [5.74, 6) is 0.558. The first-order chi connectivity index (χ1) is 9.29. The molecule has 4 nitrogen and oxygen atoms in total. The molecule has 94 valence electrons. The van der Waals surface area contributed by atoms with Crippen LogP contribution in [-0.2, 0) is 6.42 Å². The first kappa shape index (κ1) is 12.1. The molecular weight excluding hydrogens is 304 g/mol. The third-order valence-corrected chi connectivity index (χ3v) is 4.07. The molecular formula is C14H11BrN4. The molecule has 1 aromatic carbocycles. The molecule has 0 spiro atoms. The molecule has 0 fully saturated rings. The SMILES string of the molecule is N#Cc1nccnc1N[C@@H]1CCc2c(Br)cccc21. The Morgan fingerprint density at radius 3 is 3.00 bits per heavy atom. The van der Waals surface area contributed by atoms with Gasteiger partial charge in [0.2, 0.25) is 0 Å². The molecule has 1 aromatic heterocycles. The summed E-state index contributed by atoms with van der Waals surface area (Å²) in [4.78, 5) is 8.22. The molecule has 0 radical (unpaired) electrons. The van der Waals surface area contributed by atoms with Crippen molar-refractivity contribution in [1.82, 2.24) is 9.97 Å². The summed E-state index contributed by atoms with van der Waals surface area (Å²) < 4.78 is 1.15. The first-order valence-corrected chi connectivity index (χ1v) is 6.84. The molecule has 19 heavy (non-hydrogen) atoms. The fourth-order valence-corrected chi connectivity index (χ4v) is 3.03. The maximum absolute atomic E-state index is 9.03. The van der Waals surface area contributed by atoms with Gasteiger partial charge in [-0.05, 0) is 30.0 Å². The lowest BCUT2D eigenvalue weighted by atomic mass is 10.1. The molecule has 0 saturated heterocycles. The Morgan fingerprint density at radius 2 is 2.16 bits per heavy atom. The van der Waals surface area contributed by atoms with Crippen molar-refractivity contribution in [3.63, 3.8) is 0 Å². The minimum absolute atomic E-state index is 0.191. The van der Waals surface area contributed by atoms with E-state index in [1.807, 2.05) is 6.07 Å². The minimum Gasteiger partial charge on any atom is -0.361 e. The van der Waals surface area contributed by atoms with Gasteiger partial charge in [0.05, 0.1) is 6.04 Å². The van der Waals surface area contributed by atoms with E-state index in [2.05, 4.69) is 49.4 Å². The van der Waals surface area contributed by atoms with E-state index in [4.69, 9.17) is 5.26 Å². The number of halogens is 1. The van der Waals surface area contributed by atoms with E-state index in [9.17, 15) is 0 Å². The molecule has 5 heteroatoms. The average molecular weight is 315 g/mol. The van der Waals surface area contributed by atoms with Gasteiger partial charge in [-0.25, -0.2) is 9.97 Å². The number of anilines is 1. The second-order valence-electron chi connectivity index (χ2n) is 4.41. The van der Waals surface area contributed by atoms with Gasteiger partial charge in [-0.3, -0.25) is 0 Å². The Labute approximate surface area is 119 Å². The predicted molar refractivity (Wildman–Crippen MR) is 75.6 cm³/mol. The molecule has 1 aliphatic carbocycles. The Hall–Kier alpha value is -1.93. The average Bonchev–Trinajstić information content (AvgIpc) is 2.84. The summed E-state index contributed by atoms with van der Waals surface area (Å²) in [7, 11) is 0. The largest absolute Gasteiger partial charge is 0.361 e. The van der Waals surface area contributed by atoms with Crippen LogP contribution in [-0.4, -0.2) is 9.97 Å². The van der Waals surface area contributed by atoms with Crippen LogP contribution >= 0.6 is 15.9 Å². The summed E-state index contributed by atoms with van der Waals surface area (Å²) >= 11 is 3.58. The highest BCUT2D eigenvalue weighted by Gasteiger charge is 2.24. The van der Waals surface area contributed by atoms with Crippen molar-refractivity contribution in [3.05, 3.63) is 51.9 Å². The lowest BCUT2D eigenvalue weighted by molar-refractivity contribution is 0.755. The van der Waals surface area contributed by atoms with Gasteiger partial charge in [-0.1, -0.05) is 28.1 Å². The summed E-state index contributed by atoms with van der Waals surface area (Å²) in [6.45, 7) is 0. The number of rotatable bonds is 2. The third kappa shape index (κ3) is 2.20. The molecule has 3 rings (SSSR count). The van der Waals surface area contributed by atoms with E-state index in [0.717, 1.165) is 17.3 Å². The van der Waals surface area contributed by atoms with E-state index >= 15 is 0 Å². The van der Waals surface area contributed by atoms with Crippen molar-refractivity contribution in [1.29, 1.82) is 5.26 Å². The number of hydrogen-bond donors (Lipinski definition) is 1. The van der Waals surface area contributed by atoms with Crippen LogP contribution in [0.2, 0.25) is 0 Å². The lowest BCUT2D eigenvalue weighted by Crippen LogP contribution is -2.10. The van der Waals surface area contributed by atoms with Gasteiger partial charge < -0.3 is 5.32 Å². The number of hydrogen-bond acceptors (Lipinski definition) is 4. The predicted octanol–water partition coefficient (Wildman–Crippen LogP) is 3.21. The first-order valence-electron chi connectivity index (χ1n) is 6.04. The Bertz CT molecular complexity index is 663. The van der Waals surface area contributed by atoms with Gasteiger partial charge in [-0.2, -0.15) is 5.26 Å². The molecule has 0 saturated carbocycles. The van der Waals surface area contributed by atoms with Gasteiger partial charge in [0.1, 0.15) is 6.07 Å². The van der Waals surface area contributed by atoms with Crippen LogP contribution in [0.4, 0.5) is 5.82 Å². The lowest BCUT2D eigenvalue weighted by Gasteiger charge is -2.15. The number of nitriles is 1. The number of nitrogens with one attached hydrogen (secondary N) is 1. The Balaban J connectivity index is 1.92. The molecule has 1 aliphatic rings. The van der Waals surface area contributed by atoms with Crippen molar-refractivity contribution in [3.8, 4) is 6.07 Å². The fourth-order valence-electron chi connectivity index (χ4n) is 2.45. The van der Waals surface area contributed by atoms with Crippen molar-refractivity contribution in [2.24, 2.45) is 0 Å². The van der Waals surface area contributed by atoms with Crippen LogP contribution in [0, 0.1) is 11.3 Å². The van der Waals surface area contributed by atoms with Gasteiger partial charge in [0.15, 0.2) is 11.5 Å². The van der Waals surface area contributed by atoms with Gasteiger partial charge in [-0.15, -0.1) is 0 Å². The van der Waals surface area contributed by atoms with Gasteiger partial charge in [0.25, 0.3) is 0 Å². The summed E-state index contributed by atoms with van der Waals surface area (Å²) in [5.41, 5.74) is 2.94. The maximum atomic E-state index is 9.03. The zero-order chi connectivity index (χ0) is 13.2. The highest BCUT2D eigenvalue weighted by Crippen LogP contribution is 2.37. The minimum atomic E-state index is 0.191. The van der Waals surface area contributed by atoms with E-state index in [-0.39, 0.29) is 6.04 Å². The zero-order valence-electron chi connectivity index (χ0n) is 10.1. The Kier molecular flexibility index (Phi) is 3.18. The summed E-state index contributed by atoms with van der Waals surface area (Å²) in [6, 6.07) is 8.46. The summed E-state index contributed by atoms with van der Waals surface area (Å²) in [5, 5.41) is 12.4. The normalized spacial score (nSPS) is 16.7. The van der Waals surface area contributed by atoms with E-state index in [0.29, 0.717) is 11.5 Å². The Morgan fingerprint density at radius 1 is 1.32 bits per heavy atom. The highest BCUT2D eigenvalue weighted by atomic mass is 79.9. The monoisotopic (exact) mass is 314 g/mol. The number of aromatic nitrogens is 2. The molecule has 0 bridgehead atoms. The number of fused-ring (bicyclic) bond motifs is 1. The molecule has 2 aromatic rings. The van der Waals surface area contributed by atoms with E-state index < -0.39 is 0 Å². The second-order valence-corrected chi connectivity index (χ2v) is 5.26. The quantitative estimate of drug-likeness (QED) is 0.924. The smallest absolute Gasteiger partial charge is 0.182 e. The van der Waals surface area contributed by atoms with Crippen LogP contribution in [0.3, 0.4) is 0 Å². The molecule has 1 heterocycles. The van der Waals surface area contributed by atoms with Gasteiger partial charge in [0, 0.05) is 16.9 Å². The van der Waals surface area contributed by atoms with Crippen molar-refractivity contribution in [2.75, 3.05) is 5.32 Å². The van der Waals surface area contributed by atoms with Crippen LogP contribution < -0.4 is 5.32 Å². The number of nitrogens with zero attached hydrogens (tertiary/aromatic N) is 3. The van der Waals surface area contributed by atoms with Crippen molar-refractivity contribution >= 4 is 21.7 Å². The van der Waals surface area contributed by atoms with E-state index in [1.165, 1.54) is 17.3 Å². The zero-order valence-corrected chi connectivity index (χ0v) is 11.7. The maximum Gasteiger partial charge on any atom is 0.182 e. The summed E-state index contributed by atoms with van der Waals surface area (Å²) in [6.07, 6.45) is 5.15. The molecule has 0 amide bonds. The molecule has 0 unspecified atom stereocenters. The van der Waals surface area contributed by atoms with Crippen LogP contribution in [0.15, 0.2) is 35.1 Å². The third-order valence-electron chi connectivity index (χ3n) is 3.33. The van der Waals surface area contributed by atoms with Crippen molar-refractivity contribution < 1.29 is 0 Å². The molecule has 0 aliphatic heterocycles.